The van der Waals surface area contributed by atoms with Crippen LogP contribution in [0.3, 0.4) is 0 Å². The summed E-state index contributed by atoms with van der Waals surface area (Å²) < 4.78 is 5.80. The highest BCUT2D eigenvalue weighted by atomic mass is 79.9. The largest absolute Gasteiger partial charge is 0.507 e. The molecule has 1 N–H and O–H groups in total. The summed E-state index contributed by atoms with van der Waals surface area (Å²) in [6.07, 6.45) is 3.20. The molecule has 0 aliphatic rings. The number of carbonyl (C=O) groups is 1. The van der Waals surface area contributed by atoms with Gasteiger partial charge >= 0.3 is 0 Å². The van der Waals surface area contributed by atoms with E-state index in [2.05, 4.69) is 15.9 Å². The predicted molar refractivity (Wildman–Crippen MR) is 86.9 cm³/mol. The first-order valence-corrected chi connectivity index (χ1v) is 7.16. The van der Waals surface area contributed by atoms with Gasteiger partial charge in [0.25, 0.3) is 0 Å². The Morgan fingerprint density at radius 2 is 2.00 bits per heavy atom. The van der Waals surface area contributed by atoms with Crippen LogP contribution in [0.1, 0.15) is 21.5 Å². The molecule has 0 atom stereocenters. The first-order valence-electron chi connectivity index (χ1n) is 6.37. The number of hydrogen-bond acceptors (Lipinski definition) is 3. The minimum Gasteiger partial charge on any atom is -0.507 e. The van der Waals surface area contributed by atoms with E-state index >= 15 is 0 Å². The Hall–Kier alpha value is -2.07. The molecule has 2 rings (SSSR count). The Morgan fingerprint density at radius 3 is 2.67 bits per heavy atom. The van der Waals surface area contributed by atoms with Gasteiger partial charge in [-0.05, 0) is 58.8 Å². The fourth-order valence-electron chi connectivity index (χ4n) is 1.90. The molecule has 0 saturated heterocycles. The normalized spacial score (nSPS) is 10.8. The smallest absolute Gasteiger partial charge is 0.189 e. The molecule has 0 bridgehead atoms. The summed E-state index contributed by atoms with van der Waals surface area (Å²) in [4.78, 5) is 12.3. The zero-order chi connectivity index (χ0) is 15.4. The summed E-state index contributed by atoms with van der Waals surface area (Å²) in [7, 11) is 1.54. The summed E-state index contributed by atoms with van der Waals surface area (Å²) in [5.74, 6) is 0.598. The number of ether oxygens (including phenoxy) is 1. The van der Waals surface area contributed by atoms with E-state index < -0.39 is 0 Å². The highest BCUT2D eigenvalue weighted by molar-refractivity contribution is 9.10. The first-order chi connectivity index (χ1) is 10.0. The molecule has 0 aromatic heterocycles. The molecule has 0 aliphatic carbocycles. The van der Waals surface area contributed by atoms with Gasteiger partial charge in [-0.2, -0.15) is 0 Å². The Kier molecular flexibility index (Phi) is 4.81. The number of ketones is 1. The van der Waals surface area contributed by atoms with Crippen molar-refractivity contribution in [1.29, 1.82) is 0 Å². The number of phenols is 1. The third kappa shape index (κ3) is 3.73. The van der Waals surface area contributed by atoms with E-state index in [1.807, 2.05) is 13.0 Å². The van der Waals surface area contributed by atoms with E-state index in [-0.39, 0.29) is 11.5 Å². The maximum atomic E-state index is 12.3. The van der Waals surface area contributed by atoms with Gasteiger partial charge in [-0.1, -0.05) is 23.8 Å². The Bertz CT molecular complexity index is 705. The summed E-state index contributed by atoms with van der Waals surface area (Å²) in [6, 6.07) is 10.5. The molecule has 4 heteroatoms. The number of allylic oxidation sites excluding steroid dienone is 1. The third-order valence-corrected chi connectivity index (χ3v) is 3.65. The molecule has 21 heavy (non-hydrogen) atoms. The van der Waals surface area contributed by atoms with Crippen LogP contribution in [0.2, 0.25) is 0 Å². The van der Waals surface area contributed by atoms with Crippen LogP contribution in [0, 0.1) is 6.92 Å². The molecular formula is C17H15BrO3. The van der Waals surface area contributed by atoms with Crippen LogP contribution < -0.4 is 4.74 Å². The van der Waals surface area contributed by atoms with Crippen molar-refractivity contribution in [3.63, 3.8) is 0 Å². The van der Waals surface area contributed by atoms with Gasteiger partial charge in [0.15, 0.2) is 5.78 Å². The molecule has 0 spiro atoms. The summed E-state index contributed by atoms with van der Waals surface area (Å²) in [5.41, 5.74) is 2.35. The number of benzene rings is 2. The average molecular weight is 347 g/mol. The molecule has 3 nitrogen and oxygen atoms in total. The van der Waals surface area contributed by atoms with Crippen molar-refractivity contribution >= 4 is 27.8 Å². The molecule has 0 radical (unpaired) electrons. The lowest BCUT2D eigenvalue weighted by atomic mass is 10.1. The fourth-order valence-corrected chi connectivity index (χ4v) is 2.30. The predicted octanol–water partition coefficient (Wildman–Crippen LogP) is 4.37. The zero-order valence-electron chi connectivity index (χ0n) is 11.8. The topological polar surface area (TPSA) is 46.5 Å². The summed E-state index contributed by atoms with van der Waals surface area (Å²) in [6.45, 7) is 1.93. The summed E-state index contributed by atoms with van der Waals surface area (Å²) >= 11 is 3.24. The van der Waals surface area contributed by atoms with E-state index in [1.165, 1.54) is 6.08 Å². The number of aryl methyl sites for hydroxylation is 1. The average Bonchev–Trinajstić information content (AvgIpc) is 2.48. The number of carbonyl (C=O) groups excluding carboxylic acids is 1. The fraction of sp³-hybridized carbons (Fsp3) is 0.118. The SMILES string of the molecule is COc1ccc(C)cc1C(=O)C=Cc1ccc(O)c(Br)c1. The minimum atomic E-state index is -0.125. The molecule has 0 heterocycles. The number of methoxy groups -OCH3 is 1. The Labute approximate surface area is 132 Å². The van der Waals surface area contributed by atoms with Gasteiger partial charge in [0, 0.05) is 0 Å². The van der Waals surface area contributed by atoms with Gasteiger partial charge < -0.3 is 9.84 Å². The molecule has 0 saturated carbocycles. The van der Waals surface area contributed by atoms with E-state index in [4.69, 9.17) is 4.74 Å². The lowest BCUT2D eigenvalue weighted by molar-refractivity contribution is 0.104. The number of hydrogen-bond donors (Lipinski definition) is 1. The van der Waals surface area contributed by atoms with Crippen molar-refractivity contribution in [2.75, 3.05) is 7.11 Å². The number of halogens is 1. The lowest BCUT2D eigenvalue weighted by Crippen LogP contribution is -1.99. The number of rotatable bonds is 4. The molecule has 0 aliphatic heterocycles. The van der Waals surface area contributed by atoms with Gasteiger partial charge in [-0.3, -0.25) is 4.79 Å². The molecular weight excluding hydrogens is 332 g/mol. The second-order valence-corrected chi connectivity index (χ2v) is 5.47. The van der Waals surface area contributed by atoms with Crippen molar-refractivity contribution in [1.82, 2.24) is 0 Å². The maximum Gasteiger partial charge on any atom is 0.189 e. The van der Waals surface area contributed by atoms with Crippen LogP contribution in [0.5, 0.6) is 11.5 Å². The zero-order valence-corrected chi connectivity index (χ0v) is 13.3. The van der Waals surface area contributed by atoms with Crippen LogP contribution >= 0.6 is 15.9 Å². The van der Waals surface area contributed by atoms with Crippen molar-refractivity contribution < 1.29 is 14.6 Å². The van der Waals surface area contributed by atoms with Gasteiger partial charge in [-0.25, -0.2) is 0 Å². The van der Waals surface area contributed by atoms with Gasteiger partial charge in [0.2, 0.25) is 0 Å². The standard InChI is InChI=1S/C17H15BrO3/c1-11-3-8-17(21-2)13(9-11)15(19)6-4-12-5-7-16(20)14(18)10-12/h3-10,20H,1-2H3. The van der Waals surface area contributed by atoms with Crippen LogP contribution in [-0.2, 0) is 0 Å². The van der Waals surface area contributed by atoms with E-state index in [1.54, 1.807) is 43.5 Å². The van der Waals surface area contributed by atoms with Gasteiger partial charge in [0.1, 0.15) is 11.5 Å². The Morgan fingerprint density at radius 1 is 1.24 bits per heavy atom. The van der Waals surface area contributed by atoms with Gasteiger partial charge in [-0.15, -0.1) is 0 Å². The second kappa shape index (κ2) is 6.59. The molecule has 2 aromatic rings. The third-order valence-electron chi connectivity index (χ3n) is 3.02. The van der Waals surface area contributed by atoms with E-state index in [0.29, 0.717) is 15.8 Å². The van der Waals surface area contributed by atoms with Crippen molar-refractivity contribution in [2.24, 2.45) is 0 Å². The Balaban J connectivity index is 2.26. The molecule has 0 fully saturated rings. The monoisotopic (exact) mass is 346 g/mol. The quantitative estimate of drug-likeness (QED) is 0.660. The van der Waals surface area contributed by atoms with Crippen LogP contribution in [0.15, 0.2) is 46.9 Å². The highest BCUT2D eigenvalue weighted by Gasteiger charge is 2.09. The molecule has 2 aromatic carbocycles. The van der Waals surface area contributed by atoms with Crippen molar-refractivity contribution in [3.8, 4) is 11.5 Å². The summed E-state index contributed by atoms with van der Waals surface area (Å²) in [5, 5.41) is 9.44. The van der Waals surface area contributed by atoms with Crippen LogP contribution in [-0.4, -0.2) is 18.0 Å². The first kappa shape index (κ1) is 15.3. The van der Waals surface area contributed by atoms with Gasteiger partial charge in [0.05, 0.1) is 17.1 Å². The van der Waals surface area contributed by atoms with Crippen LogP contribution in [0.4, 0.5) is 0 Å². The number of aromatic hydroxyl groups is 1. The van der Waals surface area contributed by atoms with Crippen LogP contribution in [0.25, 0.3) is 6.08 Å². The lowest BCUT2D eigenvalue weighted by Gasteiger charge is -2.06. The van der Waals surface area contributed by atoms with Crippen molar-refractivity contribution in [3.05, 3.63) is 63.6 Å². The molecule has 0 unspecified atom stereocenters. The molecule has 108 valence electrons. The second-order valence-electron chi connectivity index (χ2n) is 4.61. The molecule has 0 amide bonds. The minimum absolute atomic E-state index is 0.125. The van der Waals surface area contributed by atoms with Crippen molar-refractivity contribution in [2.45, 2.75) is 6.92 Å². The number of phenolic OH excluding ortho intramolecular Hbond substituents is 1. The van der Waals surface area contributed by atoms with E-state index in [9.17, 15) is 9.90 Å². The highest BCUT2D eigenvalue weighted by Crippen LogP contribution is 2.25. The van der Waals surface area contributed by atoms with E-state index in [0.717, 1.165) is 11.1 Å². The maximum absolute atomic E-state index is 12.3.